The number of methoxy groups -OCH3 is 1. The Bertz CT molecular complexity index is 755. The van der Waals surface area contributed by atoms with E-state index in [1.165, 1.54) is 0 Å². The van der Waals surface area contributed by atoms with Gasteiger partial charge in [-0.15, -0.1) is 0 Å². The van der Waals surface area contributed by atoms with Crippen molar-refractivity contribution < 1.29 is 52.4 Å². The maximum Gasteiger partial charge on any atom is 0.264 e. The summed E-state index contributed by atoms with van der Waals surface area (Å²) in [6.07, 6.45) is -5.97. The summed E-state index contributed by atoms with van der Waals surface area (Å²) in [4.78, 5) is 0. The molecule has 0 aromatic heterocycles. The van der Waals surface area contributed by atoms with E-state index < -0.39 is 67.7 Å². The van der Waals surface area contributed by atoms with Crippen molar-refractivity contribution in [1.82, 2.24) is 0 Å². The zero-order valence-electron chi connectivity index (χ0n) is 13.8. The standard InChI is InChI=1S/C10H20O12S3/c1-18-10-9(22-25(4,16)17)8(21-24(3,14)15)7(11)6(20-10)5-19-23(2,12)13/h6-11H,5H2,1-4H3/t6-,7-,8+,9+,10+/m1/s1. The third-order valence-corrected chi connectivity index (χ3v) is 4.58. The molecule has 12 nitrogen and oxygen atoms in total. The van der Waals surface area contributed by atoms with Gasteiger partial charge in [-0.05, 0) is 0 Å². The van der Waals surface area contributed by atoms with E-state index in [1.807, 2.05) is 0 Å². The summed E-state index contributed by atoms with van der Waals surface area (Å²) in [6.45, 7) is -0.685. The van der Waals surface area contributed by atoms with Crippen molar-refractivity contribution in [1.29, 1.82) is 0 Å². The Labute approximate surface area is 146 Å². The highest BCUT2D eigenvalue weighted by Crippen LogP contribution is 2.28. The van der Waals surface area contributed by atoms with Crippen LogP contribution in [0.4, 0.5) is 0 Å². The van der Waals surface area contributed by atoms with Crippen molar-refractivity contribution in [3.05, 3.63) is 0 Å². The number of hydrogen-bond acceptors (Lipinski definition) is 12. The average Bonchev–Trinajstić information content (AvgIpc) is 2.38. The summed E-state index contributed by atoms with van der Waals surface area (Å²) >= 11 is 0. The predicted octanol–water partition coefficient (Wildman–Crippen LogP) is -2.62. The lowest BCUT2D eigenvalue weighted by Gasteiger charge is -2.42. The van der Waals surface area contributed by atoms with Crippen molar-refractivity contribution >= 4 is 30.4 Å². The van der Waals surface area contributed by atoms with Gasteiger partial charge in [0.05, 0.1) is 25.4 Å². The monoisotopic (exact) mass is 428 g/mol. The molecule has 25 heavy (non-hydrogen) atoms. The molecule has 1 N–H and O–H groups in total. The second-order valence-electron chi connectivity index (χ2n) is 5.29. The van der Waals surface area contributed by atoms with Crippen LogP contribution in [0.2, 0.25) is 0 Å². The summed E-state index contributed by atoms with van der Waals surface area (Å²) in [5.41, 5.74) is 0. The Morgan fingerprint density at radius 3 is 1.76 bits per heavy atom. The van der Waals surface area contributed by atoms with Crippen LogP contribution in [0.3, 0.4) is 0 Å². The van der Waals surface area contributed by atoms with Crippen LogP contribution in [-0.2, 0) is 52.4 Å². The van der Waals surface area contributed by atoms with Gasteiger partial charge < -0.3 is 14.6 Å². The Hall–Kier alpha value is -0.390. The Balaban J connectivity index is 3.17. The molecular weight excluding hydrogens is 408 g/mol. The van der Waals surface area contributed by atoms with Crippen LogP contribution in [0.5, 0.6) is 0 Å². The quantitative estimate of drug-likeness (QED) is 0.400. The van der Waals surface area contributed by atoms with Gasteiger partial charge in [-0.2, -0.15) is 25.3 Å². The van der Waals surface area contributed by atoms with Crippen LogP contribution >= 0.6 is 0 Å². The fraction of sp³-hybridized carbons (Fsp3) is 1.00. The molecule has 1 aliphatic rings. The summed E-state index contributed by atoms with van der Waals surface area (Å²) in [5.74, 6) is 0. The van der Waals surface area contributed by atoms with Gasteiger partial charge in [0.25, 0.3) is 30.4 Å². The molecule has 1 saturated heterocycles. The van der Waals surface area contributed by atoms with Crippen LogP contribution in [0.15, 0.2) is 0 Å². The SMILES string of the molecule is CO[C@H]1O[C@H](COS(C)(=O)=O)[C@@H](O)[C@H](OS(C)(=O)=O)[C@@H]1OS(C)(=O)=O. The highest BCUT2D eigenvalue weighted by atomic mass is 32.2. The zero-order chi connectivity index (χ0) is 19.6. The van der Waals surface area contributed by atoms with E-state index >= 15 is 0 Å². The van der Waals surface area contributed by atoms with Crippen LogP contribution in [0.25, 0.3) is 0 Å². The Morgan fingerprint density at radius 2 is 1.36 bits per heavy atom. The fourth-order valence-electron chi connectivity index (χ4n) is 2.02. The van der Waals surface area contributed by atoms with Crippen LogP contribution < -0.4 is 0 Å². The molecule has 1 aliphatic heterocycles. The molecule has 0 bridgehead atoms. The molecule has 15 heteroatoms. The first-order valence-electron chi connectivity index (χ1n) is 6.60. The third-order valence-electron chi connectivity index (χ3n) is 2.87. The predicted molar refractivity (Wildman–Crippen MR) is 81.9 cm³/mol. The molecular formula is C10H20O12S3. The van der Waals surface area contributed by atoms with E-state index in [4.69, 9.17) is 17.8 Å². The van der Waals surface area contributed by atoms with E-state index in [1.54, 1.807) is 0 Å². The molecule has 0 saturated carbocycles. The first kappa shape index (κ1) is 22.7. The molecule has 1 rings (SSSR count). The average molecular weight is 428 g/mol. The highest BCUT2D eigenvalue weighted by Gasteiger charge is 2.50. The smallest absolute Gasteiger partial charge is 0.264 e. The van der Waals surface area contributed by atoms with Crippen molar-refractivity contribution in [3.8, 4) is 0 Å². The molecule has 0 radical (unpaired) electrons. The molecule has 5 atom stereocenters. The molecule has 0 unspecified atom stereocenters. The lowest BCUT2D eigenvalue weighted by molar-refractivity contribution is -0.281. The lowest BCUT2D eigenvalue weighted by atomic mass is 9.99. The molecule has 0 aliphatic carbocycles. The molecule has 0 spiro atoms. The van der Waals surface area contributed by atoms with E-state index in [0.717, 1.165) is 13.4 Å². The second kappa shape index (κ2) is 8.10. The third kappa shape index (κ3) is 7.79. The number of hydrogen-bond donors (Lipinski definition) is 1. The Kier molecular flexibility index (Phi) is 7.34. The van der Waals surface area contributed by atoms with Crippen molar-refractivity contribution in [3.63, 3.8) is 0 Å². The molecule has 1 fully saturated rings. The van der Waals surface area contributed by atoms with Gasteiger partial charge >= 0.3 is 0 Å². The van der Waals surface area contributed by atoms with Crippen molar-refractivity contribution in [2.24, 2.45) is 0 Å². The van der Waals surface area contributed by atoms with Gasteiger partial charge in [-0.3, -0.25) is 12.5 Å². The molecule has 1 heterocycles. The van der Waals surface area contributed by atoms with Crippen LogP contribution in [0.1, 0.15) is 0 Å². The topological polar surface area (TPSA) is 169 Å². The molecule has 150 valence electrons. The molecule has 0 aromatic carbocycles. The Morgan fingerprint density at radius 1 is 0.880 bits per heavy atom. The maximum absolute atomic E-state index is 11.4. The molecule has 0 aromatic rings. The minimum atomic E-state index is -4.15. The van der Waals surface area contributed by atoms with E-state index in [9.17, 15) is 30.4 Å². The number of ether oxygens (including phenoxy) is 2. The summed E-state index contributed by atoms with van der Waals surface area (Å²) in [5, 5.41) is 10.2. The number of aliphatic hydroxyl groups is 1. The second-order valence-corrected chi connectivity index (χ2v) is 10.1. The van der Waals surface area contributed by atoms with Gasteiger partial charge in [0.2, 0.25) is 0 Å². The van der Waals surface area contributed by atoms with Gasteiger partial charge in [-0.25, -0.2) is 0 Å². The normalized spacial score (nSPS) is 31.8. The first-order valence-corrected chi connectivity index (χ1v) is 12.0. The van der Waals surface area contributed by atoms with Crippen LogP contribution in [0, 0.1) is 0 Å². The van der Waals surface area contributed by atoms with E-state index in [0.29, 0.717) is 12.5 Å². The maximum atomic E-state index is 11.4. The summed E-state index contributed by atoms with van der Waals surface area (Å²) < 4.78 is 91.9. The largest absolute Gasteiger partial charge is 0.387 e. The zero-order valence-corrected chi connectivity index (χ0v) is 16.2. The van der Waals surface area contributed by atoms with Gasteiger partial charge in [-0.1, -0.05) is 0 Å². The summed E-state index contributed by atoms with van der Waals surface area (Å²) in [7, 11) is -11.0. The van der Waals surface area contributed by atoms with Gasteiger partial charge in [0.15, 0.2) is 12.4 Å². The van der Waals surface area contributed by atoms with E-state index in [2.05, 4.69) is 4.18 Å². The molecule has 0 amide bonds. The summed E-state index contributed by atoms with van der Waals surface area (Å²) in [6, 6.07) is 0. The number of rotatable bonds is 8. The first-order chi connectivity index (χ1) is 11.1. The fourth-order valence-corrected chi connectivity index (χ4v) is 3.64. The van der Waals surface area contributed by atoms with Crippen LogP contribution in [-0.4, -0.2) is 93.5 Å². The lowest BCUT2D eigenvalue weighted by Crippen LogP contribution is -2.61. The van der Waals surface area contributed by atoms with Gasteiger partial charge in [0, 0.05) is 7.11 Å². The number of aliphatic hydroxyl groups excluding tert-OH is 1. The van der Waals surface area contributed by atoms with Crippen molar-refractivity contribution in [2.75, 3.05) is 32.5 Å². The minimum Gasteiger partial charge on any atom is -0.387 e. The van der Waals surface area contributed by atoms with Crippen molar-refractivity contribution in [2.45, 2.75) is 30.7 Å². The van der Waals surface area contributed by atoms with Gasteiger partial charge in [0.1, 0.15) is 18.3 Å². The minimum absolute atomic E-state index is 0.677. The highest BCUT2D eigenvalue weighted by molar-refractivity contribution is 7.86. The van der Waals surface area contributed by atoms with E-state index in [-0.39, 0.29) is 0 Å².